The number of urea groups is 1. The highest BCUT2D eigenvalue weighted by molar-refractivity contribution is 6.30. The highest BCUT2D eigenvalue weighted by atomic mass is 35.5. The van der Waals surface area contributed by atoms with Gasteiger partial charge in [-0.25, -0.2) is 4.79 Å². The Balaban J connectivity index is 1.39. The Morgan fingerprint density at radius 2 is 2.08 bits per heavy atom. The fraction of sp³-hybridized carbons (Fsp3) is 0.353. The van der Waals surface area contributed by atoms with E-state index in [0.29, 0.717) is 19.0 Å². The van der Waals surface area contributed by atoms with Crippen molar-refractivity contribution >= 4 is 23.3 Å². The highest BCUT2D eigenvalue weighted by Crippen LogP contribution is 2.24. The predicted octanol–water partition coefficient (Wildman–Crippen LogP) is 2.46. The van der Waals surface area contributed by atoms with E-state index < -0.39 is 0 Å². The van der Waals surface area contributed by atoms with Crippen LogP contribution in [0.4, 0.5) is 10.5 Å². The molecule has 1 unspecified atom stereocenters. The molecule has 1 aromatic heterocycles. The van der Waals surface area contributed by atoms with Crippen LogP contribution in [0, 0.1) is 5.92 Å². The van der Waals surface area contributed by atoms with Gasteiger partial charge in [-0.2, -0.15) is 0 Å². The standard InChI is InChI=1S/C17H20ClN5O/c18-14-1-3-16(4-2-14)23-8-5-13(12-23)9-21-17(24)22-11-15-10-19-6-7-20-15/h1-4,6-7,10,13H,5,8-9,11-12H2,(H2,21,22,24). The molecule has 1 aliphatic rings. The van der Waals surface area contributed by atoms with E-state index >= 15 is 0 Å². The second-order valence-electron chi connectivity index (χ2n) is 5.84. The smallest absolute Gasteiger partial charge is 0.315 e. The highest BCUT2D eigenvalue weighted by Gasteiger charge is 2.23. The number of rotatable bonds is 5. The fourth-order valence-electron chi connectivity index (χ4n) is 2.78. The summed E-state index contributed by atoms with van der Waals surface area (Å²) in [5.74, 6) is 0.447. The molecule has 2 aromatic rings. The van der Waals surface area contributed by atoms with Gasteiger partial charge in [0.25, 0.3) is 0 Å². The van der Waals surface area contributed by atoms with Gasteiger partial charge in [-0.1, -0.05) is 11.6 Å². The van der Waals surface area contributed by atoms with Crippen LogP contribution in [-0.2, 0) is 6.54 Å². The predicted molar refractivity (Wildman–Crippen MR) is 94.0 cm³/mol. The summed E-state index contributed by atoms with van der Waals surface area (Å²) in [7, 11) is 0. The van der Waals surface area contributed by atoms with Gasteiger partial charge >= 0.3 is 6.03 Å². The van der Waals surface area contributed by atoms with Gasteiger partial charge in [0.05, 0.1) is 18.4 Å². The first kappa shape index (κ1) is 16.5. The van der Waals surface area contributed by atoms with Crippen LogP contribution in [0.25, 0.3) is 0 Å². The van der Waals surface area contributed by atoms with E-state index in [9.17, 15) is 4.79 Å². The molecule has 0 bridgehead atoms. The van der Waals surface area contributed by atoms with E-state index in [1.165, 1.54) is 5.69 Å². The first-order valence-corrected chi connectivity index (χ1v) is 8.35. The van der Waals surface area contributed by atoms with Crippen molar-refractivity contribution in [3.05, 3.63) is 53.6 Å². The fourth-order valence-corrected chi connectivity index (χ4v) is 2.90. The van der Waals surface area contributed by atoms with Gasteiger partial charge in [-0.3, -0.25) is 9.97 Å². The maximum atomic E-state index is 11.9. The van der Waals surface area contributed by atoms with E-state index in [1.807, 2.05) is 24.3 Å². The lowest BCUT2D eigenvalue weighted by atomic mass is 10.1. The average molecular weight is 346 g/mol. The minimum Gasteiger partial charge on any atom is -0.371 e. The molecule has 126 valence electrons. The number of amides is 2. The molecular weight excluding hydrogens is 326 g/mol. The number of hydrogen-bond acceptors (Lipinski definition) is 4. The minimum atomic E-state index is -0.175. The molecule has 6 nitrogen and oxygen atoms in total. The Morgan fingerprint density at radius 3 is 2.83 bits per heavy atom. The van der Waals surface area contributed by atoms with Crippen LogP contribution in [0.15, 0.2) is 42.9 Å². The van der Waals surface area contributed by atoms with Gasteiger partial charge in [-0.15, -0.1) is 0 Å². The number of nitrogens with zero attached hydrogens (tertiary/aromatic N) is 3. The third-order valence-electron chi connectivity index (χ3n) is 4.08. The lowest BCUT2D eigenvalue weighted by Crippen LogP contribution is -2.38. The van der Waals surface area contributed by atoms with Crippen molar-refractivity contribution in [3.8, 4) is 0 Å². The minimum absolute atomic E-state index is 0.175. The molecule has 0 aliphatic carbocycles. The maximum absolute atomic E-state index is 11.9. The quantitative estimate of drug-likeness (QED) is 0.873. The number of aromatic nitrogens is 2. The summed E-state index contributed by atoms with van der Waals surface area (Å²) in [4.78, 5) is 22.3. The lowest BCUT2D eigenvalue weighted by molar-refractivity contribution is 0.238. The normalized spacial score (nSPS) is 16.9. The zero-order valence-corrected chi connectivity index (χ0v) is 14.0. The van der Waals surface area contributed by atoms with E-state index in [1.54, 1.807) is 18.6 Å². The largest absolute Gasteiger partial charge is 0.371 e. The topological polar surface area (TPSA) is 70.1 Å². The van der Waals surface area contributed by atoms with Crippen LogP contribution in [0.3, 0.4) is 0 Å². The number of benzene rings is 1. The zero-order chi connectivity index (χ0) is 16.8. The Bertz CT molecular complexity index is 664. The van der Waals surface area contributed by atoms with E-state index in [0.717, 1.165) is 30.2 Å². The van der Waals surface area contributed by atoms with Crippen LogP contribution in [0.1, 0.15) is 12.1 Å². The number of carbonyl (C=O) groups excluding carboxylic acids is 1. The molecule has 0 radical (unpaired) electrons. The molecule has 1 saturated heterocycles. The molecule has 1 fully saturated rings. The zero-order valence-electron chi connectivity index (χ0n) is 13.3. The average Bonchev–Trinajstić information content (AvgIpc) is 3.09. The third kappa shape index (κ3) is 4.58. The van der Waals surface area contributed by atoms with Gasteiger partial charge in [0.2, 0.25) is 0 Å². The molecule has 0 saturated carbocycles. The number of hydrogen-bond donors (Lipinski definition) is 2. The summed E-state index contributed by atoms with van der Waals surface area (Å²) < 4.78 is 0. The van der Waals surface area contributed by atoms with E-state index in [-0.39, 0.29) is 6.03 Å². The van der Waals surface area contributed by atoms with Crippen LogP contribution in [0.5, 0.6) is 0 Å². The van der Waals surface area contributed by atoms with Crippen molar-refractivity contribution in [2.75, 3.05) is 24.5 Å². The molecule has 0 spiro atoms. The van der Waals surface area contributed by atoms with Crippen molar-refractivity contribution < 1.29 is 4.79 Å². The molecule has 2 N–H and O–H groups in total. The Kier molecular flexibility index (Phi) is 5.48. The third-order valence-corrected chi connectivity index (χ3v) is 4.33. The Morgan fingerprint density at radius 1 is 1.25 bits per heavy atom. The molecule has 1 atom stereocenters. The second kappa shape index (κ2) is 7.97. The molecule has 1 aromatic carbocycles. The molecule has 2 heterocycles. The molecule has 2 amide bonds. The van der Waals surface area contributed by atoms with Gasteiger partial charge < -0.3 is 15.5 Å². The summed E-state index contributed by atoms with van der Waals surface area (Å²) in [6.07, 6.45) is 5.92. The lowest BCUT2D eigenvalue weighted by Gasteiger charge is -2.19. The summed E-state index contributed by atoms with van der Waals surface area (Å²) >= 11 is 5.92. The van der Waals surface area contributed by atoms with Crippen molar-refractivity contribution in [2.45, 2.75) is 13.0 Å². The Labute approximate surface area is 146 Å². The second-order valence-corrected chi connectivity index (χ2v) is 6.27. The van der Waals surface area contributed by atoms with E-state index in [4.69, 9.17) is 11.6 Å². The monoisotopic (exact) mass is 345 g/mol. The van der Waals surface area contributed by atoms with Crippen LogP contribution >= 0.6 is 11.6 Å². The molecule has 3 rings (SSSR count). The number of anilines is 1. The van der Waals surface area contributed by atoms with Gasteiger partial charge in [-0.05, 0) is 36.6 Å². The molecular formula is C17H20ClN5O. The van der Waals surface area contributed by atoms with Gasteiger partial charge in [0.1, 0.15) is 0 Å². The van der Waals surface area contributed by atoms with Crippen molar-refractivity contribution in [1.82, 2.24) is 20.6 Å². The summed E-state index contributed by atoms with van der Waals surface area (Å²) in [5, 5.41) is 6.47. The first-order chi connectivity index (χ1) is 11.7. The maximum Gasteiger partial charge on any atom is 0.315 e. The van der Waals surface area contributed by atoms with E-state index in [2.05, 4.69) is 25.5 Å². The molecule has 24 heavy (non-hydrogen) atoms. The molecule has 1 aliphatic heterocycles. The molecule has 7 heteroatoms. The van der Waals surface area contributed by atoms with Crippen LogP contribution in [-0.4, -0.2) is 35.6 Å². The van der Waals surface area contributed by atoms with Crippen molar-refractivity contribution in [3.63, 3.8) is 0 Å². The first-order valence-electron chi connectivity index (χ1n) is 7.98. The SMILES string of the molecule is O=C(NCc1cnccn1)NCC1CCN(c2ccc(Cl)cc2)C1. The number of carbonyl (C=O) groups is 1. The van der Waals surface area contributed by atoms with Gasteiger partial charge in [0, 0.05) is 42.7 Å². The van der Waals surface area contributed by atoms with Crippen LogP contribution in [0.2, 0.25) is 5.02 Å². The van der Waals surface area contributed by atoms with Crippen molar-refractivity contribution in [2.24, 2.45) is 5.92 Å². The Hall–Kier alpha value is -2.34. The number of nitrogens with one attached hydrogen (secondary N) is 2. The summed E-state index contributed by atoms with van der Waals surface area (Å²) in [6.45, 7) is 2.97. The summed E-state index contributed by atoms with van der Waals surface area (Å²) in [5.41, 5.74) is 1.91. The summed E-state index contributed by atoms with van der Waals surface area (Å²) in [6, 6.07) is 7.70. The van der Waals surface area contributed by atoms with Crippen LogP contribution < -0.4 is 15.5 Å². The number of halogens is 1. The van der Waals surface area contributed by atoms with Crippen molar-refractivity contribution in [1.29, 1.82) is 0 Å². The van der Waals surface area contributed by atoms with Gasteiger partial charge in [0.15, 0.2) is 0 Å².